The average molecular weight is 432 g/mol. The summed E-state index contributed by atoms with van der Waals surface area (Å²) in [5.74, 6) is -0.105. The Hall–Kier alpha value is -2.31. The number of fused-ring (bicyclic) bond motifs is 1. The number of hydrogen-bond donors (Lipinski definition) is 0. The standard InChI is InChI=1S/C22H22ClNO4S/c1-14(28-21(26)10-12-29-19-6-4-18(23)5-7-19)22(27)17-3-8-20-16(13-17)9-11-24(20)15(2)25/h3-8,13-14H,9-12H2,1-2H3. The number of rotatable bonds is 7. The molecule has 0 aromatic heterocycles. The number of thioether (sulfide) groups is 1. The largest absolute Gasteiger partial charge is 0.454 e. The first-order chi connectivity index (χ1) is 13.8. The topological polar surface area (TPSA) is 63.7 Å². The first kappa shape index (κ1) is 21.4. The quantitative estimate of drug-likeness (QED) is 0.365. The smallest absolute Gasteiger partial charge is 0.307 e. The lowest BCUT2D eigenvalue weighted by Gasteiger charge is -2.16. The van der Waals surface area contributed by atoms with Crippen LogP contribution in [0.5, 0.6) is 0 Å². The van der Waals surface area contributed by atoms with Crippen molar-refractivity contribution in [3.8, 4) is 0 Å². The summed E-state index contributed by atoms with van der Waals surface area (Å²) < 4.78 is 5.31. The molecule has 2 aromatic carbocycles. The highest BCUT2D eigenvalue weighted by atomic mass is 35.5. The van der Waals surface area contributed by atoms with Crippen molar-refractivity contribution >= 4 is 46.7 Å². The van der Waals surface area contributed by atoms with Crippen LogP contribution < -0.4 is 4.90 Å². The summed E-state index contributed by atoms with van der Waals surface area (Å²) in [6, 6.07) is 12.7. The van der Waals surface area contributed by atoms with Crippen LogP contribution in [0.3, 0.4) is 0 Å². The maximum Gasteiger partial charge on any atom is 0.307 e. The third-order valence-electron chi connectivity index (χ3n) is 4.71. The van der Waals surface area contributed by atoms with Crippen LogP contribution in [-0.2, 0) is 20.7 Å². The molecule has 0 saturated heterocycles. The van der Waals surface area contributed by atoms with Gasteiger partial charge in [0, 0.05) is 40.4 Å². The fraction of sp³-hybridized carbons (Fsp3) is 0.318. The van der Waals surface area contributed by atoms with Gasteiger partial charge in [-0.1, -0.05) is 11.6 Å². The number of carbonyl (C=O) groups is 3. The lowest BCUT2D eigenvalue weighted by molar-refractivity contribution is -0.145. The fourth-order valence-corrected chi connectivity index (χ4v) is 4.17. The van der Waals surface area contributed by atoms with Gasteiger partial charge in [-0.3, -0.25) is 14.4 Å². The van der Waals surface area contributed by atoms with Crippen LogP contribution in [0.15, 0.2) is 47.4 Å². The van der Waals surface area contributed by atoms with Crippen molar-refractivity contribution in [3.63, 3.8) is 0 Å². The molecule has 5 nitrogen and oxygen atoms in total. The minimum Gasteiger partial charge on any atom is -0.454 e. The summed E-state index contributed by atoms with van der Waals surface area (Å²) in [6.45, 7) is 3.74. The van der Waals surface area contributed by atoms with Gasteiger partial charge in [0.05, 0.1) is 6.42 Å². The molecule has 29 heavy (non-hydrogen) atoms. The molecule has 0 fully saturated rings. The maximum absolute atomic E-state index is 12.6. The summed E-state index contributed by atoms with van der Waals surface area (Å²) in [7, 11) is 0. The molecule has 0 N–H and O–H groups in total. The van der Waals surface area contributed by atoms with Gasteiger partial charge in [0.2, 0.25) is 11.7 Å². The molecule has 1 heterocycles. The number of nitrogens with zero attached hydrogens (tertiary/aromatic N) is 1. The number of carbonyl (C=O) groups excluding carboxylic acids is 3. The highest BCUT2D eigenvalue weighted by Gasteiger charge is 2.25. The lowest BCUT2D eigenvalue weighted by Crippen LogP contribution is -2.26. The minimum atomic E-state index is -0.855. The Balaban J connectivity index is 1.51. The zero-order valence-corrected chi connectivity index (χ0v) is 17.9. The Morgan fingerprint density at radius 3 is 2.59 bits per heavy atom. The van der Waals surface area contributed by atoms with Gasteiger partial charge >= 0.3 is 5.97 Å². The van der Waals surface area contributed by atoms with Gasteiger partial charge in [0.15, 0.2) is 6.10 Å². The number of anilines is 1. The molecular formula is C22H22ClNO4S. The van der Waals surface area contributed by atoms with E-state index in [-0.39, 0.29) is 18.1 Å². The van der Waals surface area contributed by atoms with E-state index in [4.69, 9.17) is 16.3 Å². The van der Waals surface area contributed by atoms with E-state index in [1.54, 1.807) is 42.2 Å². The monoisotopic (exact) mass is 431 g/mol. The van der Waals surface area contributed by atoms with Crippen molar-refractivity contribution in [2.24, 2.45) is 0 Å². The van der Waals surface area contributed by atoms with Crippen LogP contribution in [0.25, 0.3) is 0 Å². The van der Waals surface area contributed by atoms with Crippen molar-refractivity contribution in [2.45, 2.75) is 37.7 Å². The van der Waals surface area contributed by atoms with E-state index in [0.717, 1.165) is 16.1 Å². The molecule has 0 spiro atoms. The molecule has 2 aromatic rings. The molecule has 0 saturated carbocycles. The van der Waals surface area contributed by atoms with Crippen molar-refractivity contribution in [2.75, 3.05) is 17.2 Å². The molecule has 3 rings (SSSR count). The first-order valence-corrected chi connectivity index (χ1v) is 10.7. The van der Waals surface area contributed by atoms with Crippen LogP contribution in [0.4, 0.5) is 5.69 Å². The number of hydrogen-bond acceptors (Lipinski definition) is 5. The van der Waals surface area contributed by atoms with E-state index >= 15 is 0 Å². The van der Waals surface area contributed by atoms with Crippen LogP contribution in [-0.4, -0.2) is 36.1 Å². The second-order valence-corrected chi connectivity index (χ2v) is 8.42. The van der Waals surface area contributed by atoms with E-state index in [1.165, 1.54) is 18.7 Å². The van der Waals surface area contributed by atoms with E-state index in [1.807, 2.05) is 12.1 Å². The molecule has 0 radical (unpaired) electrons. The average Bonchev–Trinajstić information content (AvgIpc) is 3.12. The number of esters is 1. The summed E-state index contributed by atoms with van der Waals surface area (Å²) in [5, 5.41) is 0.668. The summed E-state index contributed by atoms with van der Waals surface area (Å²) in [5.41, 5.74) is 2.30. The number of Topliss-reactive ketones (excluding diaryl/α,β-unsaturated/α-hetero) is 1. The van der Waals surface area contributed by atoms with E-state index < -0.39 is 12.1 Å². The van der Waals surface area contributed by atoms with Gasteiger partial charge in [-0.2, -0.15) is 0 Å². The van der Waals surface area contributed by atoms with Crippen LogP contribution >= 0.6 is 23.4 Å². The predicted octanol–water partition coefficient (Wildman–Crippen LogP) is 4.55. The molecular weight excluding hydrogens is 410 g/mol. The van der Waals surface area contributed by atoms with Gasteiger partial charge in [-0.05, 0) is 61.4 Å². The minimum absolute atomic E-state index is 0.0124. The number of ketones is 1. The zero-order valence-electron chi connectivity index (χ0n) is 16.3. The van der Waals surface area contributed by atoms with Crippen LogP contribution in [0.2, 0.25) is 5.02 Å². The predicted molar refractivity (Wildman–Crippen MR) is 115 cm³/mol. The van der Waals surface area contributed by atoms with Crippen LogP contribution in [0.1, 0.15) is 36.2 Å². The van der Waals surface area contributed by atoms with Gasteiger partial charge in [0.1, 0.15) is 0 Å². The van der Waals surface area contributed by atoms with E-state index in [0.29, 0.717) is 29.3 Å². The Kier molecular flexibility index (Phi) is 6.98. The summed E-state index contributed by atoms with van der Waals surface area (Å²) >= 11 is 7.38. The second-order valence-electron chi connectivity index (χ2n) is 6.81. The van der Waals surface area contributed by atoms with Gasteiger partial charge in [-0.25, -0.2) is 0 Å². The van der Waals surface area contributed by atoms with Crippen molar-refractivity contribution in [1.82, 2.24) is 0 Å². The Morgan fingerprint density at radius 1 is 1.17 bits per heavy atom. The third kappa shape index (κ3) is 5.40. The SMILES string of the molecule is CC(=O)N1CCc2cc(C(=O)C(C)OC(=O)CCSc3ccc(Cl)cc3)ccc21. The maximum atomic E-state index is 12.6. The Bertz CT molecular complexity index is 929. The molecule has 1 aliphatic heterocycles. The molecule has 7 heteroatoms. The number of amides is 1. The molecule has 1 aliphatic rings. The zero-order chi connectivity index (χ0) is 21.0. The molecule has 1 unspecified atom stereocenters. The van der Waals surface area contributed by atoms with Gasteiger partial charge in [0.25, 0.3) is 0 Å². The highest BCUT2D eigenvalue weighted by molar-refractivity contribution is 7.99. The van der Waals surface area contributed by atoms with Crippen molar-refractivity contribution in [3.05, 3.63) is 58.6 Å². The number of benzene rings is 2. The van der Waals surface area contributed by atoms with Crippen molar-refractivity contribution in [1.29, 1.82) is 0 Å². The first-order valence-electron chi connectivity index (χ1n) is 9.38. The molecule has 1 amide bonds. The van der Waals surface area contributed by atoms with E-state index in [2.05, 4.69) is 0 Å². The fourth-order valence-electron chi connectivity index (χ4n) is 3.21. The number of halogens is 1. The van der Waals surface area contributed by atoms with Gasteiger partial charge < -0.3 is 9.64 Å². The van der Waals surface area contributed by atoms with E-state index in [9.17, 15) is 14.4 Å². The lowest BCUT2D eigenvalue weighted by atomic mass is 10.0. The van der Waals surface area contributed by atoms with Gasteiger partial charge in [-0.15, -0.1) is 11.8 Å². The molecule has 0 aliphatic carbocycles. The molecule has 0 bridgehead atoms. The summed E-state index contributed by atoms with van der Waals surface area (Å²) in [4.78, 5) is 39.1. The van der Waals surface area contributed by atoms with Crippen molar-refractivity contribution < 1.29 is 19.1 Å². The molecule has 1 atom stereocenters. The third-order valence-corrected chi connectivity index (χ3v) is 5.97. The summed E-state index contributed by atoms with van der Waals surface area (Å²) in [6.07, 6.45) is 0.0702. The van der Waals surface area contributed by atoms with Crippen LogP contribution in [0, 0.1) is 0 Å². The highest BCUT2D eigenvalue weighted by Crippen LogP contribution is 2.29. The normalized spacial score (nSPS) is 13.7. The number of ether oxygens (including phenoxy) is 1. The Morgan fingerprint density at radius 2 is 1.90 bits per heavy atom. The molecule has 152 valence electrons. The second kappa shape index (κ2) is 9.46. The Labute approximate surface area is 179 Å².